The lowest BCUT2D eigenvalue weighted by Crippen LogP contribution is -1.99. The fourth-order valence-electron chi connectivity index (χ4n) is 2.62. The number of para-hydroxylation sites is 1. The van der Waals surface area contributed by atoms with E-state index in [0.717, 1.165) is 6.29 Å². The summed E-state index contributed by atoms with van der Waals surface area (Å²) in [6, 6.07) is 8.74. The number of nitrogens with zero attached hydrogens (tertiary/aromatic N) is 2. The first-order valence-corrected chi connectivity index (χ1v) is 8.75. The van der Waals surface area contributed by atoms with Gasteiger partial charge in [0, 0.05) is 16.8 Å². The maximum atomic E-state index is 14.6. The van der Waals surface area contributed by atoms with Gasteiger partial charge in [-0.25, -0.2) is 13.5 Å². The quantitative estimate of drug-likeness (QED) is 0.464. The van der Waals surface area contributed by atoms with Gasteiger partial charge in [0.05, 0.1) is 38.7 Å². The molecule has 4 nitrogen and oxygen atoms in total. The van der Waals surface area contributed by atoms with Crippen LogP contribution in [0.1, 0.15) is 9.67 Å². The van der Waals surface area contributed by atoms with E-state index >= 15 is 0 Å². The maximum absolute atomic E-state index is 14.6. The minimum Gasteiger partial charge on any atom is -0.350 e. The van der Waals surface area contributed by atoms with Crippen molar-refractivity contribution in [2.75, 3.05) is 5.32 Å². The van der Waals surface area contributed by atoms with E-state index in [1.165, 1.54) is 41.7 Å². The van der Waals surface area contributed by atoms with Crippen molar-refractivity contribution < 1.29 is 13.6 Å². The topological polar surface area (TPSA) is 46.9 Å². The monoisotopic (exact) mass is 389 g/mol. The summed E-state index contributed by atoms with van der Waals surface area (Å²) in [5.74, 6) is -1.16. The van der Waals surface area contributed by atoms with Crippen molar-refractivity contribution in [3.05, 3.63) is 69.5 Å². The SMILES string of the molecule is O=Cc1cc(-n2ncc3cc(Nc4c(F)cccc4Cl)c(F)cc32)cs1. The van der Waals surface area contributed by atoms with Crippen LogP contribution in [0.2, 0.25) is 5.02 Å². The van der Waals surface area contributed by atoms with Crippen molar-refractivity contribution in [3.63, 3.8) is 0 Å². The number of rotatable bonds is 4. The van der Waals surface area contributed by atoms with Crippen LogP contribution in [0.4, 0.5) is 20.2 Å². The van der Waals surface area contributed by atoms with E-state index in [-0.39, 0.29) is 16.4 Å². The Hall–Kier alpha value is -2.77. The molecule has 0 aliphatic heterocycles. The molecule has 0 radical (unpaired) electrons. The van der Waals surface area contributed by atoms with Crippen molar-refractivity contribution in [1.29, 1.82) is 0 Å². The van der Waals surface area contributed by atoms with Gasteiger partial charge in [-0.1, -0.05) is 17.7 Å². The molecule has 130 valence electrons. The Bertz CT molecular complexity index is 1120. The lowest BCUT2D eigenvalue weighted by molar-refractivity contribution is 0.112. The predicted molar refractivity (Wildman–Crippen MR) is 99.0 cm³/mol. The first-order valence-electron chi connectivity index (χ1n) is 7.49. The molecule has 0 saturated carbocycles. The molecule has 4 aromatic rings. The molecule has 8 heteroatoms. The molecule has 0 bridgehead atoms. The molecule has 26 heavy (non-hydrogen) atoms. The number of halogens is 3. The number of carbonyl (C=O) groups excluding carboxylic acids is 1. The molecule has 2 aromatic carbocycles. The predicted octanol–water partition coefficient (Wildman–Crippen LogP) is 5.57. The lowest BCUT2D eigenvalue weighted by Gasteiger charge is -2.11. The Labute approximate surface area is 155 Å². The van der Waals surface area contributed by atoms with Gasteiger partial charge in [-0.3, -0.25) is 4.79 Å². The number of aromatic nitrogens is 2. The van der Waals surface area contributed by atoms with E-state index in [1.54, 1.807) is 22.3 Å². The third-order valence-corrected chi connectivity index (χ3v) is 5.01. The number of benzene rings is 2. The largest absolute Gasteiger partial charge is 0.350 e. The summed E-state index contributed by atoms with van der Waals surface area (Å²) >= 11 is 7.26. The van der Waals surface area contributed by atoms with Crippen LogP contribution in [0.25, 0.3) is 16.6 Å². The summed E-state index contributed by atoms with van der Waals surface area (Å²) < 4.78 is 30.1. The molecule has 0 aliphatic rings. The van der Waals surface area contributed by atoms with Crippen LogP contribution < -0.4 is 5.32 Å². The van der Waals surface area contributed by atoms with E-state index in [2.05, 4.69) is 10.4 Å². The van der Waals surface area contributed by atoms with Gasteiger partial charge in [0.25, 0.3) is 0 Å². The number of fused-ring (bicyclic) bond motifs is 1. The molecule has 0 unspecified atom stereocenters. The van der Waals surface area contributed by atoms with Crippen molar-refractivity contribution in [1.82, 2.24) is 9.78 Å². The van der Waals surface area contributed by atoms with Crippen LogP contribution in [0, 0.1) is 11.6 Å². The zero-order chi connectivity index (χ0) is 18.3. The van der Waals surface area contributed by atoms with Crippen LogP contribution in [0.3, 0.4) is 0 Å². The van der Waals surface area contributed by atoms with Crippen LogP contribution in [0.5, 0.6) is 0 Å². The highest BCUT2D eigenvalue weighted by Crippen LogP contribution is 2.32. The minimum atomic E-state index is -0.579. The molecular formula is C18H10ClF2N3OS. The van der Waals surface area contributed by atoms with Gasteiger partial charge in [-0.05, 0) is 24.3 Å². The summed E-state index contributed by atoms with van der Waals surface area (Å²) in [6.07, 6.45) is 2.32. The van der Waals surface area contributed by atoms with E-state index in [0.29, 0.717) is 21.5 Å². The highest BCUT2D eigenvalue weighted by molar-refractivity contribution is 7.12. The van der Waals surface area contributed by atoms with Crippen LogP contribution >= 0.6 is 22.9 Å². The van der Waals surface area contributed by atoms with Gasteiger partial charge in [0.15, 0.2) is 6.29 Å². The van der Waals surface area contributed by atoms with Crippen molar-refractivity contribution in [2.45, 2.75) is 0 Å². The van der Waals surface area contributed by atoms with Gasteiger partial charge in [-0.2, -0.15) is 5.10 Å². The lowest BCUT2D eigenvalue weighted by atomic mass is 10.2. The van der Waals surface area contributed by atoms with Gasteiger partial charge >= 0.3 is 0 Å². The van der Waals surface area contributed by atoms with Gasteiger partial charge < -0.3 is 5.32 Å². The molecule has 0 atom stereocenters. The highest BCUT2D eigenvalue weighted by Gasteiger charge is 2.14. The summed E-state index contributed by atoms with van der Waals surface area (Å²) in [7, 11) is 0. The Morgan fingerprint density at radius 1 is 1.19 bits per heavy atom. The second-order valence-corrected chi connectivity index (χ2v) is 6.84. The summed E-state index contributed by atoms with van der Waals surface area (Å²) in [4.78, 5) is 11.4. The maximum Gasteiger partial charge on any atom is 0.160 e. The summed E-state index contributed by atoms with van der Waals surface area (Å²) in [5.41, 5.74) is 1.29. The molecule has 2 heterocycles. The molecule has 0 amide bonds. The number of hydrogen-bond acceptors (Lipinski definition) is 4. The zero-order valence-electron chi connectivity index (χ0n) is 13.0. The Kier molecular flexibility index (Phi) is 4.18. The smallest absolute Gasteiger partial charge is 0.160 e. The van der Waals surface area contributed by atoms with Crippen molar-refractivity contribution in [2.24, 2.45) is 0 Å². The van der Waals surface area contributed by atoms with E-state index in [9.17, 15) is 13.6 Å². The zero-order valence-corrected chi connectivity index (χ0v) is 14.6. The second-order valence-electron chi connectivity index (χ2n) is 5.49. The normalized spacial score (nSPS) is 11.0. The summed E-state index contributed by atoms with van der Waals surface area (Å²) in [6.45, 7) is 0. The average Bonchev–Trinajstić information content (AvgIpc) is 3.24. The molecule has 0 fully saturated rings. The van der Waals surface area contributed by atoms with Gasteiger partial charge in [-0.15, -0.1) is 11.3 Å². The Morgan fingerprint density at radius 3 is 2.77 bits per heavy atom. The van der Waals surface area contributed by atoms with Crippen LogP contribution in [0.15, 0.2) is 48.0 Å². The van der Waals surface area contributed by atoms with E-state index in [1.807, 2.05) is 0 Å². The average molecular weight is 390 g/mol. The van der Waals surface area contributed by atoms with Crippen molar-refractivity contribution >= 4 is 51.5 Å². The molecule has 2 aromatic heterocycles. The van der Waals surface area contributed by atoms with Gasteiger partial charge in [0.2, 0.25) is 0 Å². The minimum absolute atomic E-state index is 0.00766. The summed E-state index contributed by atoms with van der Waals surface area (Å²) in [5, 5.41) is 9.52. The highest BCUT2D eigenvalue weighted by atomic mass is 35.5. The molecular weight excluding hydrogens is 380 g/mol. The number of nitrogens with one attached hydrogen (secondary N) is 1. The molecule has 0 saturated heterocycles. The Morgan fingerprint density at radius 2 is 2.04 bits per heavy atom. The third-order valence-electron chi connectivity index (χ3n) is 3.85. The number of aldehydes is 1. The molecule has 1 N–H and O–H groups in total. The van der Waals surface area contributed by atoms with E-state index in [4.69, 9.17) is 11.6 Å². The number of anilines is 2. The van der Waals surface area contributed by atoms with Crippen molar-refractivity contribution in [3.8, 4) is 5.69 Å². The van der Waals surface area contributed by atoms with Crippen LogP contribution in [-0.4, -0.2) is 16.1 Å². The first kappa shape index (κ1) is 16.7. The molecule has 0 aliphatic carbocycles. The molecule has 4 rings (SSSR count). The first-order chi connectivity index (χ1) is 12.6. The van der Waals surface area contributed by atoms with Gasteiger partial charge in [0.1, 0.15) is 11.6 Å². The third kappa shape index (κ3) is 2.85. The number of hydrogen-bond donors (Lipinski definition) is 1. The standard InChI is InChI=1S/C18H10ClF2N3OS/c19-13-2-1-3-14(20)18(13)23-16-4-10-7-22-24(17(10)6-15(16)21)11-5-12(8-25)26-9-11/h1-9,23H. The Balaban J connectivity index is 1.77. The fraction of sp³-hybridized carbons (Fsp3) is 0. The van der Waals surface area contributed by atoms with Crippen LogP contribution in [-0.2, 0) is 0 Å². The fourth-order valence-corrected chi connectivity index (χ4v) is 3.50. The second kappa shape index (κ2) is 6.51. The number of thiophene rings is 1. The number of carbonyl (C=O) groups is 1. The molecule has 0 spiro atoms. The van der Waals surface area contributed by atoms with E-state index < -0.39 is 11.6 Å².